The highest BCUT2D eigenvalue weighted by atomic mass is 16.2. The Kier molecular flexibility index (Phi) is 6.28. The predicted molar refractivity (Wildman–Crippen MR) is 126 cm³/mol. The first-order valence-electron chi connectivity index (χ1n) is 11.7. The second-order valence-corrected chi connectivity index (χ2v) is 9.63. The first-order valence-corrected chi connectivity index (χ1v) is 11.7. The highest BCUT2D eigenvalue weighted by Gasteiger charge is 2.46. The monoisotopic (exact) mass is 451 g/mol. The number of anilines is 1. The van der Waals surface area contributed by atoms with Crippen molar-refractivity contribution < 1.29 is 14.4 Å². The average molecular weight is 452 g/mol. The molecule has 0 saturated heterocycles. The van der Waals surface area contributed by atoms with Crippen LogP contribution in [0.2, 0.25) is 0 Å². The van der Waals surface area contributed by atoms with Crippen molar-refractivity contribution in [2.75, 3.05) is 12.4 Å². The van der Waals surface area contributed by atoms with E-state index in [0.717, 1.165) is 36.8 Å². The lowest BCUT2D eigenvalue weighted by Crippen LogP contribution is -2.63. The molecule has 1 aliphatic carbocycles. The van der Waals surface area contributed by atoms with Crippen molar-refractivity contribution in [2.24, 2.45) is 0 Å². The van der Waals surface area contributed by atoms with Gasteiger partial charge in [0.1, 0.15) is 11.2 Å². The van der Waals surface area contributed by atoms with Crippen LogP contribution in [0.3, 0.4) is 0 Å². The third kappa shape index (κ3) is 4.51. The molecule has 0 bridgehead atoms. The van der Waals surface area contributed by atoms with Gasteiger partial charge in [-0.25, -0.2) is 0 Å². The van der Waals surface area contributed by atoms with E-state index in [1.165, 1.54) is 28.5 Å². The molecule has 1 atom stereocenters. The summed E-state index contributed by atoms with van der Waals surface area (Å²) in [5.74, 6) is -0.884. The molecule has 0 unspecified atom stereocenters. The molecule has 3 amide bonds. The molecule has 1 aliphatic heterocycles. The Morgan fingerprint density at radius 2 is 1.76 bits per heavy atom. The van der Waals surface area contributed by atoms with Crippen molar-refractivity contribution >= 4 is 23.4 Å². The molecule has 2 aromatic rings. The molecule has 1 fully saturated rings. The zero-order chi connectivity index (χ0) is 23.8. The molecule has 2 N–H and O–H groups in total. The summed E-state index contributed by atoms with van der Waals surface area (Å²) in [5, 5.41) is 10.4. The van der Waals surface area contributed by atoms with Crippen LogP contribution in [0.4, 0.5) is 5.69 Å². The van der Waals surface area contributed by atoms with Gasteiger partial charge in [-0.3, -0.25) is 19.1 Å². The summed E-state index contributed by atoms with van der Waals surface area (Å²) in [6.45, 7) is 5.95. The molecule has 4 rings (SSSR count). The van der Waals surface area contributed by atoms with Crippen LogP contribution < -0.4 is 10.6 Å². The number of benzene rings is 1. The first-order chi connectivity index (χ1) is 15.7. The molecule has 0 radical (unpaired) electrons. The normalized spacial score (nSPS) is 21.3. The summed E-state index contributed by atoms with van der Waals surface area (Å²) in [4.78, 5) is 40.7. The molecule has 0 spiro atoms. The van der Waals surface area contributed by atoms with Crippen LogP contribution in [-0.4, -0.2) is 51.0 Å². The molecule has 176 valence electrons. The van der Waals surface area contributed by atoms with Gasteiger partial charge in [0, 0.05) is 24.8 Å². The van der Waals surface area contributed by atoms with E-state index in [0.29, 0.717) is 11.4 Å². The van der Waals surface area contributed by atoms with E-state index in [-0.39, 0.29) is 36.0 Å². The highest BCUT2D eigenvalue weighted by molar-refractivity contribution is 6.05. The van der Waals surface area contributed by atoms with Crippen molar-refractivity contribution in [2.45, 2.75) is 77.4 Å². The van der Waals surface area contributed by atoms with E-state index < -0.39 is 5.54 Å². The largest absolute Gasteiger partial charge is 0.351 e. The Bertz CT molecular complexity index is 1080. The van der Waals surface area contributed by atoms with Crippen LogP contribution in [0.15, 0.2) is 24.3 Å². The number of aryl methyl sites for hydroxylation is 2. The van der Waals surface area contributed by atoms with Gasteiger partial charge in [0.25, 0.3) is 11.8 Å². The number of nitrogens with zero attached hydrogens (tertiary/aromatic N) is 3. The predicted octanol–water partition coefficient (Wildman–Crippen LogP) is 3.44. The van der Waals surface area contributed by atoms with E-state index in [4.69, 9.17) is 0 Å². The van der Waals surface area contributed by atoms with Crippen LogP contribution in [0.5, 0.6) is 0 Å². The zero-order valence-corrected chi connectivity index (χ0v) is 19.9. The van der Waals surface area contributed by atoms with Crippen LogP contribution in [-0.2, 0) is 11.3 Å². The zero-order valence-electron chi connectivity index (χ0n) is 19.9. The molecular weight excluding hydrogens is 418 g/mol. The Morgan fingerprint density at radius 3 is 2.42 bits per heavy atom. The van der Waals surface area contributed by atoms with Crippen LogP contribution in [0.25, 0.3) is 0 Å². The summed E-state index contributed by atoms with van der Waals surface area (Å²) >= 11 is 0. The maximum absolute atomic E-state index is 13.3. The third-order valence-corrected chi connectivity index (χ3v) is 7.18. The molecule has 2 heterocycles. The first kappa shape index (κ1) is 23.0. The molecular formula is C25H33N5O3. The lowest BCUT2D eigenvalue weighted by Gasteiger charge is -2.41. The van der Waals surface area contributed by atoms with E-state index in [1.54, 1.807) is 14.0 Å². The Morgan fingerprint density at radius 1 is 1.06 bits per heavy atom. The van der Waals surface area contributed by atoms with E-state index in [9.17, 15) is 14.4 Å². The molecule has 1 aromatic carbocycles. The Labute approximate surface area is 194 Å². The Balaban J connectivity index is 1.52. The molecule has 8 nitrogen and oxygen atoms in total. The number of rotatable bonds is 4. The quantitative estimate of drug-likeness (QED) is 0.696. The fourth-order valence-corrected chi connectivity index (χ4v) is 4.62. The van der Waals surface area contributed by atoms with Crippen molar-refractivity contribution in [3.05, 3.63) is 46.8 Å². The minimum atomic E-state index is -1.08. The number of amides is 3. The van der Waals surface area contributed by atoms with Crippen molar-refractivity contribution in [1.29, 1.82) is 0 Å². The SMILES string of the molecule is Cc1ccc(NC(=O)c2cc3n(n2)C[C@](C)(C(=O)NC2CCCCCC2)N(C)C3=O)cc1C. The van der Waals surface area contributed by atoms with Crippen molar-refractivity contribution in [1.82, 2.24) is 20.0 Å². The summed E-state index contributed by atoms with van der Waals surface area (Å²) in [7, 11) is 1.64. The molecule has 1 saturated carbocycles. The molecule has 33 heavy (non-hydrogen) atoms. The lowest BCUT2D eigenvalue weighted by atomic mass is 9.95. The standard InChI is InChI=1S/C25H33N5O3/c1-16-11-12-19(13-17(16)2)26-22(31)20-14-21-23(32)29(4)25(3,15-30(21)28-20)24(33)27-18-9-7-5-6-8-10-18/h11-14,18H,5-10,15H2,1-4H3,(H,26,31)(H,27,33)/t25-/m1/s1. The average Bonchev–Trinajstić information content (AvgIpc) is 3.03. The van der Waals surface area contributed by atoms with Gasteiger partial charge >= 0.3 is 0 Å². The highest BCUT2D eigenvalue weighted by Crippen LogP contribution is 2.27. The second-order valence-electron chi connectivity index (χ2n) is 9.63. The minimum Gasteiger partial charge on any atom is -0.351 e. The van der Waals surface area contributed by atoms with Crippen molar-refractivity contribution in [3.63, 3.8) is 0 Å². The van der Waals surface area contributed by atoms with Crippen LogP contribution in [0.1, 0.15) is 77.6 Å². The minimum absolute atomic E-state index is 0.138. The van der Waals surface area contributed by atoms with Gasteiger partial charge in [-0.1, -0.05) is 31.7 Å². The second kappa shape index (κ2) is 9.00. The summed E-state index contributed by atoms with van der Waals surface area (Å²) in [6, 6.07) is 7.32. The summed E-state index contributed by atoms with van der Waals surface area (Å²) in [5.41, 5.74) is 2.26. The number of hydrogen-bond acceptors (Lipinski definition) is 4. The molecule has 8 heteroatoms. The van der Waals surface area contributed by atoms with Gasteiger partial charge in [-0.05, 0) is 56.9 Å². The third-order valence-electron chi connectivity index (χ3n) is 7.18. The Hall–Kier alpha value is -3.16. The van der Waals surface area contributed by atoms with Gasteiger partial charge in [0.15, 0.2) is 5.69 Å². The smallest absolute Gasteiger partial charge is 0.276 e. The maximum Gasteiger partial charge on any atom is 0.276 e. The fourth-order valence-electron chi connectivity index (χ4n) is 4.62. The van der Waals surface area contributed by atoms with Crippen LogP contribution >= 0.6 is 0 Å². The number of fused-ring (bicyclic) bond motifs is 1. The van der Waals surface area contributed by atoms with Gasteiger partial charge in [0.05, 0.1) is 6.54 Å². The van der Waals surface area contributed by atoms with E-state index >= 15 is 0 Å². The number of hydrogen-bond donors (Lipinski definition) is 2. The van der Waals surface area contributed by atoms with Crippen LogP contribution in [0, 0.1) is 13.8 Å². The number of likely N-dealkylation sites (N-methyl/N-ethyl adjacent to an activating group) is 1. The van der Waals surface area contributed by atoms with E-state index in [2.05, 4.69) is 15.7 Å². The number of carbonyl (C=O) groups excluding carboxylic acids is 3. The molecule has 2 aliphatic rings. The fraction of sp³-hybridized carbons (Fsp3) is 0.520. The van der Waals surface area contributed by atoms with E-state index in [1.807, 2.05) is 32.0 Å². The number of nitrogens with one attached hydrogen (secondary N) is 2. The van der Waals surface area contributed by atoms with Gasteiger partial charge in [-0.2, -0.15) is 5.10 Å². The number of carbonyl (C=O) groups is 3. The number of aromatic nitrogens is 2. The maximum atomic E-state index is 13.3. The molecule has 1 aromatic heterocycles. The van der Waals surface area contributed by atoms with Gasteiger partial charge < -0.3 is 15.5 Å². The van der Waals surface area contributed by atoms with Gasteiger partial charge in [0.2, 0.25) is 5.91 Å². The summed E-state index contributed by atoms with van der Waals surface area (Å²) < 4.78 is 1.49. The summed E-state index contributed by atoms with van der Waals surface area (Å²) in [6.07, 6.45) is 6.55. The topological polar surface area (TPSA) is 96.3 Å². The lowest BCUT2D eigenvalue weighted by molar-refractivity contribution is -0.133. The van der Waals surface area contributed by atoms with Crippen molar-refractivity contribution in [3.8, 4) is 0 Å². The van der Waals surface area contributed by atoms with Gasteiger partial charge in [-0.15, -0.1) is 0 Å².